The van der Waals surface area contributed by atoms with Crippen LogP contribution in [-0.4, -0.2) is 30.1 Å². The molecule has 1 radical (unpaired) electrons. The predicted molar refractivity (Wildman–Crippen MR) is 114 cm³/mol. The van der Waals surface area contributed by atoms with Crippen LogP contribution < -0.4 is 15.5 Å². The van der Waals surface area contributed by atoms with E-state index < -0.39 is 18.1 Å². The number of rotatable bonds is 5. The van der Waals surface area contributed by atoms with E-state index in [0.29, 0.717) is 11.5 Å². The second kappa shape index (κ2) is 22.3. The molecule has 6 nitrogen and oxygen atoms in total. The Bertz CT molecular complexity index is 364. The molecule has 7 heteroatoms. The molecule has 0 aromatic rings. The summed E-state index contributed by atoms with van der Waals surface area (Å²) in [4.78, 5) is 20.2. The Morgan fingerprint density at radius 1 is 1.03 bits per heavy atom. The van der Waals surface area contributed by atoms with Gasteiger partial charge < -0.3 is 26.1 Å². The van der Waals surface area contributed by atoms with Gasteiger partial charge in [0.1, 0.15) is 0 Å². The van der Waals surface area contributed by atoms with Crippen LogP contribution in [0.15, 0.2) is 0 Å². The molecule has 2 amide bonds. The topological polar surface area (TPSA) is 116 Å². The van der Waals surface area contributed by atoms with Gasteiger partial charge >= 0.3 is 21.7 Å². The molecular formula is C22H45N2O4Ti. The van der Waals surface area contributed by atoms with Gasteiger partial charge in [-0.2, -0.15) is 0 Å². The summed E-state index contributed by atoms with van der Waals surface area (Å²) in [6.45, 7) is 13.8. The van der Waals surface area contributed by atoms with Gasteiger partial charge in [-0.3, -0.25) is 4.79 Å². The number of nitrogens with one attached hydrogen (secondary N) is 2. The fourth-order valence-electron chi connectivity index (χ4n) is 3.50. The first-order chi connectivity index (χ1) is 12.8. The molecule has 1 aliphatic carbocycles. The molecule has 0 aromatic heterocycles. The number of carbonyl (C=O) groups excluding carboxylic acids is 2. The Kier molecular flexibility index (Phi) is 27.6. The van der Waals surface area contributed by atoms with Crippen molar-refractivity contribution in [3.05, 3.63) is 5.73 Å². The van der Waals surface area contributed by atoms with Gasteiger partial charge in [-0.1, -0.05) is 60.8 Å². The van der Waals surface area contributed by atoms with Crippen molar-refractivity contribution >= 4 is 11.8 Å². The minimum absolute atomic E-state index is 0. The maximum atomic E-state index is 11.1. The van der Waals surface area contributed by atoms with Crippen molar-refractivity contribution in [3.63, 3.8) is 0 Å². The van der Waals surface area contributed by atoms with E-state index in [1.54, 1.807) is 34.6 Å². The monoisotopic (exact) mass is 449 g/mol. The van der Waals surface area contributed by atoms with Crippen molar-refractivity contribution in [2.24, 2.45) is 5.41 Å². The maximum Gasteiger partial charge on any atom is 3.00 e. The minimum atomic E-state index is -0.583. The Morgan fingerprint density at radius 3 is 1.66 bits per heavy atom. The summed E-state index contributed by atoms with van der Waals surface area (Å²) in [6.07, 6.45) is 9.40. The van der Waals surface area contributed by atoms with Crippen molar-refractivity contribution in [1.82, 2.24) is 5.32 Å². The summed E-state index contributed by atoms with van der Waals surface area (Å²) in [5, 5.41) is 22.2. The normalized spacial score (nSPS) is 16.6. The van der Waals surface area contributed by atoms with Gasteiger partial charge in [0.25, 0.3) is 0 Å². The first kappa shape index (κ1) is 36.0. The number of hydrogen-bond acceptors (Lipinski definition) is 4. The zero-order valence-corrected chi connectivity index (χ0v) is 21.6. The van der Waals surface area contributed by atoms with Crippen LogP contribution in [0.5, 0.6) is 0 Å². The summed E-state index contributed by atoms with van der Waals surface area (Å²) in [5.74, 6) is -0.450. The van der Waals surface area contributed by atoms with E-state index in [9.17, 15) is 15.0 Å². The molecule has 0 aromatic carbocycles. The maximum absolute atomic E-state index is 11.1. The van der Waals surface area contributed by atoms with Gasteiger partial charge in [-0.15, -0.1) is 12.2 Å². The Morgan fingerprint density at radius 2 is 1.38 bits per heavy atom. The zero-order chi connectivity index (χ0) is 22.8. The SMILES string of the molecule is CC(C)[O-].CC(C)[O-].CC([NH-])=O.CCCC1(CCC)CCCC(NC(C)=O)C1.[Ti+3]. The van der Waals surface area contributed by atoms with E-state index in [2.05, 4.69) is 19.2 Å². The van der Waals surface area contributed by atoms with Crippen LogP contribution in [0, 0.1) is 5.41 Å². The van der Waals surface area contributed by atoms with Crippen LogP contribution in [-0.2, 0) is 31.3 Å². The standard InChI is InChI=1S/C14H27NO.2C3H7O.C2H5NO.Ti/c1-4-8-14(9-5-2)10-6-7-13(11-14)15-12(3)16;2*1-3(2)4;1-2(3)4;/h13H,4-11H2,1-3H3,(H,15,16);2*3H,1-2H3;1H3,(H2,3,4);/q;2*-1;;+3/p-1. The van der Waals surface area contributed by atoms with E-state index >= 15 is 0 Å². The van der Waals surface area contributed by atoms with Gasteiger partial charge in [0.15, 0.2) is 0 Å². The molecule has 1 atom stereocenters. The third-order valence-electron chi connectivity index (χ3n) is 3.91. The van der Waals surface area contributed by atoms with Crippen LogP contribution >= 0.6 is 0 Å². The molecule has 0 bridgehead atoms. The molecule has 171 valence electrons. The van der Waals surface area contributed by atoms with Gasteiger partial charge in [0, 0.05) is 18.9 Å². The molecule has 1 fully saturated rings. The average Bonchev–Trinajstić information content (AvgIpc) is 2.45. The van der Waals surface area contributed by atoms with E-state index in [-0.39, 0.29) is 27.6 Å². The molecule has 29 heavy (non-hydrogen) atoms. The third kappa shape index (κ3) is 32.5. The fraction of sp³-hybridized carbons (Fsp3) is 0.909. The van der Waals surface area contributed by atoms with Gasteiger partial charge in [-0.25, -0.2) is 0 Å². The molecule has 1 saturated carbocycles. The predicted octanol–water partition coefficient (Wildman–Crippen LogP) is 3.74. The molecular weight excluding hydrogens is 404 g/mol. The average molecular weight is 449 g/mol. The van der Waals surface area contributed by atoms with Crippen molar-refractivity contribution < 1.29 is 41.5 Å². The molecule has 0 saturated heterocycles. The molecule has 0 aliphatic heterocycles. The zero-order valence-electron chi connectivity index (χ0n) is 20.0. The van der Waals surface area contributed by atoms with E-state index in [1.807, 2.05) is 0 Å². The fourth-order valence-corrected chi connectivity index (χ4v) is 3.50. The third-order valence-corrected chi connectivity index (χ3v) is 3.91. The molecule has 0 spiro atoms. The van der Waals surface area contributed by atoms with Gasteiger partial charge in [0.05, 0.1) is 0 Å². The van der Waals surface area contributed by atoms with Gasteiger partial charge in [0.2, 0.25) is 5.91 Å². The first-order valence-corrected chi connectivity index (χ1v) is 10.6. The summed E-state index contributed by atoms with van der Waals surface area (Å²) in [5.41, 5.74) is 6.47. The second-order valence-electron chi connectivity index (χ2n) is 8.15. The largest absolute Gasteiger partial charge is 3.00 e. The van der Waals surface area contributed by atoms with E-state index in [0.717, 1.165) is 0 Å². The minimum Gasteiger partial charge on any atom is -0.852 e. The van der Waals surface area contributed by atoms with Crippen LogP contribution in [0.25, 0.3) is 5.73 Å². The summed E-state index contributed by atoms with van der Waals surface area (Å²) >= 11 is 0. The summed E-state index contributed by atoms with van der Waals surface area (Å²) < 4.78 is 0. The first-order valence-electron chi connectivity index (χ1n) is 10.6. The quantitative estimate of drug-likeness (QED) is 0.644. The van der Waals surface area contributed by atoms with Crippen molar-refractivity contribution in [2.45, 2.75) is 125 Å². The van der Waals surface area contributed by atoms with Gasteiger partial charge in [-0.05, 0) is 44.4 Å². The summed E-state index contributed by atoms with van der Waals surface area (Å²) in [6, 6.07) is 0.435. The number of amides is 2. The smallest absolute Gasteiger partial charge is 0.852 e. The molecule has 1 rings (SSSR count). The Hall–Kier alpha value is -0.426. The molecule has 0 heterocycles. The van der Waals surface area contributed by atoms with Crippen LogP contribution in [0.4, 0.5) is 0 Å². The van der Waals surface area contributed by atoms with Crippen molar-refractivity contribution in [3.8, 4) is 0 Å². The Labute approximate surface area is 194 Å². The van der Waals surface area contributed by atoms with Crippen molar-refractivity contribution in [2.75, 3.05) is 0 Å². The van der Waals surface area contributed by atoms with Crippen LogP contribution in [0.3, 0.4) is 0 Å². The van der Waals surface area contributed by atoms with Crippen LogP contribution in [0.1, 0.15) is 107 Å². The second-order valence-corrected chi connectivity index (χ2v) is 8.15. The molecule has 1 unspecified atom stereocenters. The Balaban J connectivity index is -0.000000199. The van der Waals surface area contributed by atoms with Crippen LogP contribution in [0.2, 0.25) is 0 Å². The van der Waals surface area contributed by atoms with E-state index in [1.165, 1.54) is 58.3 Å². The summed E-state index contributed by atoms with van der Waals surface area (Å²) in [7, 11) is 0. The number of hydrogen-bond donors (Lipinski definition) is 1. The number of carbonyl (C=O) groups is 2. The molecule has 2 N–H and O–H groups in total. The van der Waals surface area contributed by atoms with E-state index in [4.69, 9.17) is 10.5 Å². The molecule has 1 aliphatic rings. The van der Waals surface area contributed by atoms with Crippen molar-refractivity contribution in [1.29, 1.82) is 0 Å².